The second kappa shape index (κ2) is 6.34. The molecular formula is C20H25NO3. The van der Waals surface area contributed by atoms with Crippen LogP contribution < -0.4 is 0 Å². The van der Waals surface area contributed by atoms with Crippen LogP contribution in [0, 0.1) is 0 Å². The Morgan fingerprint density at radius 1 is 1.21 bits per heavy atom. The van der Waals surface area contributed by atoms with E-state index in [2.05, 4.69) is 0 Å². The minimum absolute atomic E-state index is 0.123. The van der Waals surface area contributed by atoms with Crippen LogP contribution in [0.5, 0.6) is 5.75 Å². The predicted molar refractivity (Wildman–Crippen MR) is 95.4 cm³/mol. The SMILES string of the molecule is CC(C)(C)OC(=O)N1CCCC(c2c(O)ccc3ccccc23)C1. The highest BCUT2D eigenvalue weighted by molar-refractivity contribution is 5.88. The number of piperidine rings is 1. The molecule has 1 amide bonds. The minimum Gasteiger partial charge on any atom is -0.508 e. The van der Waals surface area contributed by atoms with E-state index in [9.17, 15) is 9.90 Å². The fourth-order valence-electron chi connectivity index (χ4n) is 3.42. The number of phenols is 1. The number of benzene rings is 2. The second-order valence-corrected chi connectivity index (χ2v) is 7.49. The van der Waals surface area contributed by atoms with Crippen molar-refractivity contribution in [2.75, 3.05) is 13.1 Å². The first-order valence-electron chi connectivity index (χ1n) is 8.54. The monoisotopic (exact) mass is 327 g/mol. The molecule has 1 heterocycles. The van der Waals surface area contributed by atoms with Crippen molar-refractivity contribution in [3.05, 3.63) is 42.0 Å². The van der Waals surface area contributed by atoms with Crippen LogP contribution in [0.1, 0.15) is 45.1 Å². The van der Waals surface area contributed by atoms with Crippen LogP contribution in [0.15, 0.2) is 36.4 Å². The largest absolute Gasteiger partial charge is 0.508 e. The summed E-state index contributed by atoms with van der Waals surface area (Å²) in [4.78, 5) is 14.1. The summed E-state index contributed by atoms with van der Waals surface area (Å²) in [6.07, 6.45) is 1.60. The molecule has 0 saturated carbocycles. The van der Waals surface area contributed by atoms with Gasteiger partial charge in [-0.15, -0.1) is 0 Å². The highest BCUT2D eigenvalue weighted by Crippen LogP contribution is 2.38. The van der Waals surface area contributed by atoms with Crippen molar-refractivity contribution in [2.24, 2.45) is 0 Å². The van der Waals surface area contributed by atoms with E-state index in [0.717, 1.165) is 29.2 Å². The summed E-state index contributed by atoms with van der Waals surface area (Å²) in [6.45, 7) is 6.92. The lowest BCUT2D eigenvalue weighted by atomic mass is 9.87. The summed E-state index contributed by atoms with van der Waals surface area (Å²) in [7, 11) is 0. The quantitative estimate of drug-likeness (QED) is 0.829. The van der Waals surface area contributed by atoms with E-state index in [1.54, 1.807) is 11.0 Å². The first-order valence-corrected chi connectivity index (χ1v) is 8.54. The molecule has 1 atom stereocenters. The van der Waals surface area contributed by atoms with Crippen LogP contribution in [-0.2, 0) is 4.74 Å². The maximum atomic E-state index is 12.4. The van der Waals surface area contributed by atoms with Crippen molar-refractivity contribution >= 4 is 16.9 Å². The summed E-state index contributed by atoms with van der Waals surface area (Å²) in [6, 6.07) is 11.8. The zero-order valence-corrected chi connectivity index (χ0v) is 14.6. The summed E-state index contributed by atoms with van der Waals surface area (Å²) in [5, 5.41) is 12.6. The topological polar surface area (TPSA) is 49.8 Å². The number of carbonyl (C=O) groups excluding carboxylic acids is 1. The number of fused-ring (bicyclic) bond motifs is 1. The Morgan fingerprint density at radius 2 is 1.96 bits per heavy atom. The van der Waals surface area contributed by atoms with Crippen molar-refractivity contribution in [3.8, 4) is 5.75 Å². The number of likely N-dealkylation sites (tertiary alicyclic amines) is 1. The molecule has 4 heteroatoms. The molecule has 1 aliphatic rings. The molecule has 3 rings (SSSR count). The first-order chi connectivity index (χ1) is 11.3. The van der Waals surface area contributed by atoms with Crippen LogP contribution in [0.3, 0.4) is 0 Å². The highest BCUT2D eigenvalue weighted by Gasteiger charge is 2.30. The van der Waals surface area contributed by atoms with E-state index in [1.807, 2.05) is 51.1 Å². The van der Waals surface area contributed by atoms with Gasteiger partial charge in [-0.3, -0.25) is 0 Å². The molecule has 1 fully saturated rings. The molecule has 0 radical (unpaired) electrons. The van der Waals surface area contributed by atoms with Crippen LogP contribution >= 0.6 is 0 Å². The van der Waals surface area contributed by atoms with Gasteiger partial charge in [0.25, 0.3) is 0 Å². The molecule has 2 aromatic rings. The van der Waals surface area contributed by atoms with E-state index in [1.165, 1.54) is 0 Å². The number of amides is 1. The Hall–Kier alpha value is -2.23. The summed E-state index contributed by atoms with van der Waals surface area (Å²) >= 11 is 0. The number of carbonyl (C=O) groups is 1. The van der Waals surface area contributed by atoms with Gasteiger partial charge in [-0.05, 0) is 50.5 Å². The Bertz CT molecular complexity index is 748. The van der Waals surface area contributed by atoms with Gasteiger partial charge in [-0.2, -0.15) is 0 Å². The van der Waals surface area contributed by atoms with E-state index in [4.69, 9.17) is 4.74 Å². The fraction of sp³-hybridized carbons (Fsp3) is 0.450. The fourth-order valence-corrected chi connectivity index (χ4v) is 3.42. The summed E-state index contributed by atoms with van der Waals surface area (Å²) in [5.41, 5.74) is 0.451. The molecule has 1 unspecified atom stereocenters. The van der Waals surface area contributed by atoms with Crippen molar-refractivity contribution < 1.29 is 14.6 Å². The van der Waals surface area contributed by atoms with Gasteiger partial charge < -0.3 is 14.7 Å². The van der Waals surface area contributed by atoms with Crippen molar-refractivity contribution in [2.45, 2.75) is 45.1 Å². The minimum atomic E-state index is -0.494. The molecule has 1 saturated heterocycles. The number of nitrogens with zero attached hydrogens (tertiary/aromatic N) is 1. The third kappa shape index (κ3) is 3.48. The van der Waals surface area contributed by atoms with Crippen molar-refractivity contribution in [3.63, 3.8) is 0 Å². The zero-order valence-electron chi connectivity index (χ0n) is 14.6. The number of hydrogen-bond acceptors (Lipinski definition) is 3. The number of aromatic hydroxyl groups is 1. The molecule has 1 N–H and O–H groups in total. The zero-order chi connectivity index (χ0) is 17.3. The normalized spacial score (nSPS) is 18.6. The first kappa shape index (κ1) is 16.6. The van der Waals surface area contributed by atoms with Crippen LogP contribution in [-0.4, -0.2) is 34.8 Å². The van der Waals surface area contributed by atoms with Gasteiger partial charge in [0.2, 0.25) is 0 Å². The van der Waals surface area contributed by atoms with Gasteiger partial charge in [0.05, 0.1) is 0 Å². The molecule has 0 aromatic heterocycles. The second-order valence-electron chi connectivity index (χ2n) is 7.49. The highest BCUT2D eigenvalue weighted by atomic mass is 16.6. The van der Waals surface area contributed by atoms with Gasteiger partial charge in [0.1, 0.15) is 11.4 Å². The Kier molecular flexibility index (Phi) is 4.39. The Labute approximate surface area is 143 Å². The smallest absolute Gasteiger partial charge is 0.410 e. The van der Waals surface area contributed by atoms with Crippen LogP contribution in [0.4, 0.5) is 4.79 Å². The molecule has 0 aliphatic carbocycles. The maximum absolute atomic E-state index is 12.4. The van der Waals surface area contributed by atoms with E-state index in [-0.39, 0.29) is 12.0 Å². The van der Waals surface area contributed by atoms with Crippen molar-refractivity contribution in [1.29, 1.82) is 0 Å². The van der Waals surface area contributed by atoms with Crippen LogP contribution in [0.25, 0.3) is 10.8 Å². The van der Waals surface area contributed by atoms with Crippen LogP contribution in [0.2, 0.25) is 0 Å². The van der Waals surface area contributed by atoms with Gasteiger partial charge in [0.15, 0.2) is 0 Å². The molecule has 2 aromatic carbocycles. The molecule has 24 heavy (non-hydrogen) atoms. The molecule has 0 bridgehead atoms. The number of phenolic OH excluding ortho intramolecular Hbond substituents is 1. The summed E-state index contributed by atoms with van der Waals surface area (Å²) < 4.78 is 5.50. The lowest BCUT2D eigenvalue weighted by Gasteiger charge is -2.35. The standard InChI is InChI=1S/C20H25NO3/c1-20(2,3)24-19(23)21-12-6-8-15(13-21)18-16-9-5-4-7-14(16)10-11-17(18)22/h4-5,7,9-11,15,22H,6,8,12-13H2,1-3H3. The number of ether oxygens (including phenoxy) is 1. The summed E-state index contributed by atoms with van der Waals surface area (Å²) in [5.74, 6) is 0.433. The van der Waals surface area contributed by atoms with Gasteiger partial charge in [-0.1, -0.05) is 30.3 Å². The molecule has 1 aliphatic heterocycles. The third-order valence-corrected chi connectivity index (χ3v) is 4.43. The Morgan fingerprint density at radius 3 is 2.71 bits per heavy atom. The molecule has 128 valence electrons. The molecule has 0 spiro atoms. The molecule has 4 nitrogen and oxygen atoms in total. The Balaban J connectivity index is 1.88. The lowest BCUT2D eigenvalue weighted by molar-refractivity contribution is 0.0198. The maximum Gasteiger partial charge on any atom is 0.410 e. The lowest BCUT2D eigenvalue weighted by Crippen LogP contribution is -2.42. The van der Waals surface area contributed by atoms with Gasteiger partial charge in [0, 0.05) is 24.6 Å². The third-order valence-electron chi connectivity index (χ3n) is 4.43. The average molecular weight is 327 g/mol. The van der Waals surface area contributed by atoms with E-state index >= 15 is 0 Å². The molecular weight excluding hydrogens is 302 g/mol. The number of rotatable bonds is 1. The van der Waals surface area contributed by atoms with Crippen molar-refractivity contribution in [1.82, 2.24) is 4.90 Å². The predicted octanol–water partition coefficient (Wildman–Crippen LogP) is 4.66. The van der Waals surface area contributed by atoms with E-state index in [0.29, 0.717) is 18.8 Å². The van der Waals surface area contributed by atoms with Gasteiger partial charge in [-0.25, -0.2) is 4.79 Å². The average Bonchev–Trinajstić information content (AvgIpc) is 2.53. The number of hydrogen-bond donors (Lipinski definition) is 1. The van der Waals surface area contributed by atoms with Gasteiger partial charge >= 0.3 is 6.09 Å². The van der Waals surface area contributed by atoms with E-state index < -0.39 is 5.60 Å².